The highest BCUT2D eigenvalue weighted by Gasteiger charge is 2.26. The van der Waals surface area contributed by atoms with Crippen LogP contribution < -0.4 is 15.5 Å². The standard InChI is InChI=1S/C26H28N2O6S/c1-32-18-33-17-20(16-24(26(30)28-31)35-23-10-6-3-7-11-23)27-25(29)19-12-14-22(15-13-19)34-21-8-4-2-5-9-21/h2-15,20,24,31H,16-18H2,1H3,(H,27,29)(H,28,30). The second-order valence-corrected chi connectivity index (χ2v) is 8.79. The van der Waals surface area contributed by atoms with Crippen LogP contribution in [0.3, 0.4) is 0 Å². The molecule has 0 fully saturated rings. The van der Waals surface area contributed by atoms with Crippen LogP contribution in [0.5, 0.6) is 11.5 Å². The van der Waals surface area contributed by atoms with E-state index in [9.17, 15) is 14.8 Å². The summed E-state index contributed by atoms with van der Waals surface area (Å²) >= 11 is 1.29. The van der Waals surface area contributed by atoms with Crippen LogP contribution in [-0.4, -0.2) is 48.8 Å². The van der Waals surface area contributed by atoms with E-state index in [4.69, 9.17) is 14.2 Å². The van der Waals surface area contributed by atoms with Crippen molar-refractivity contribution in [3.05, 3.63) is 90.5 Å². The average molecular weight is 497 g/mol. The molecule has 35 heavy (non-hydrogen) atoms. The molecule has 0 heterocycles. The van der Waals surface area contributed by atoms with Gasteiger partial charge in [-0.15, -0.1) is 11.8 Å². The number of para-hydroxylation sites is 1. The van der Waals surface area contributed by atoms with Crippen LogP contribution in [0.25, 0.3) is 0 Å². The summed E-state index contributed by atoms with van der Waals surface area (Å²) in [5.41, 5.74) is 2.15. The second kappa shape index (κ2) is 14.1. The Morgan fingerprint density at radius 1 is 0.914 bits per heavy atom. The molecule has 0 aliphatic carbocycles. The number of carbonyl (C=O) groups excluding carboxylic acids is 2. The van der Waals surface area contributed by atoms with Crippen LogP contribution in [0.2, 0.25) is 0 Å². The van der Waals surface area contributed by atoms with Gasteiger partial charge in [-0.1, -0.05) is 36.4 Å². The summed E-state index contributed by atoms with van der Waals surface area (Å²) in [7, 11) is 1.50. The first-order valence-electron chi connectivity index (χ1n) is 10.9. The summed E-state index contributed by atoms with van der Waals surface area (Å²) in [6, 6.07) is 24.9. The van der Waals surface area contributed by atoms with Gasteiger partial charge in [-0.25, -0.2) is 5.48 Å². The monoisotopic (exact) mass is 496 g/mol. The molecule has 184 valence electrons. The zero-order valence-corrected chi connectivity index (χ0v) is 20.1. The van der Waals surface area contributed by atoms with E-state index in [1.165, 1.54) is 18.9 Å². The van der Waals surface area contributed by atoms with E-state index in [2.05, 4.69) is 5.32 Å². The molecule has 0 radical (unpaired) electrons. The van der Waals surface area contributed by atoms with Crippen LogP contribution >= 0.6 is 11.8 Å². The quantitative estimate of drug-likeness (QED) is 0.107. The molecule has 2 unspecified atom stereocenters. The summed E-state index contributed by atoms with van der Waals surface area (Å²) in [5.74, 6) is 0.415. The van der Waals surface area contributed by atoms with Gasteiger partial charge in [0.25, 0.3) is 11.8 Å². The topological polar surface area (TPSA) is 106 Å². The van der Waals surface area contributed by atoms with E-state index in [0.717, 1.165) is 4.90 Å². The smallest absolute Gasteiger partial charge is 0.256 e. The fourth-order valence-corrected chi connectivity index (χ4v) is 4.34. The predicted molar refractivity (Wildman–Crippen MR) is 133 cm³/mol. The van der Waals surface area contributed by atoms with E-state index in [0.29, 0.717) is 17.1 Å². The maximum Gasteiger partial charge on any atom is 0.256 e. The molecule has 3 aromatic carbocycles. The molecule has 0 spiro atoms. The fourth-order valence-electron chi connectivity index (χ4n) is 3.21. The highest BCUT2D eigenvalue weighted by molar-refractivity contribution is 8.00. The lowest BCUT2D eigenvalue weighted by Crippen LogP contribution is -2.43. The van der Waals surface area contributed by atoms with Crippen molar-refractivity contribution in [3.63, 3.8) is 0 Å². The largest absolute Gasteiger partial charge is 0.457 e. The van der Waals surface area contributed by atoms with Crippen molar-refractivity contribution >= 4 is 23.6 Å². The number of thioether (sulfide) groups is 1. The van der Waals surface area contributed by atoms with E-state index in [1.54, 1.807) is 29.7 Å². The highest BCUT2D eigenvalue weighted by Crippen LogP contribution is 2.27. The Kier molecular flexibility index (Phi) is 10.6. The summed E-state index contributed by atoms with van der Waals surface area (Å²) in [6.45, 7) is 0.167. The van der Waals surface area contributed by atoms with Gasteiger partial charge in [0.05, 0.1) is 17.9 Å². The predicted octanol–water partition coefficient (Wildman–Crippen LogP) is 4.25. The van der Waals surface area contributed by atoms with Crippen molar-refractivity contribution in [1.29, 1.82) is 0 Å². The summed E-state index contributed by atoms with van der Waals surface area (Å²) < 4.78 is 16.2. The van der Waals surface area contributed by atoms with Gasteiger partial charge in [0.15, 0.2) is 0 Å². The van der Waals surface area contributed by atoms with Crippen molar-refractivity contribution in [3.8, 4) is 11.5 Å². The van der Waals surface area contributed by atoms with Crippen LogP contribution in [-0.2, 0) is 14.3 Å². The van der Waals surface area contributed by atoms with E-state index in [-0.39, 0.29) is 25.7 Å². The number of carbonyl (C=O) groups is 2. The fraction of sp³-hybridized carbons (Fsp3) is 0.231. The first kappa shape index (κ1) is 26.2. The van der Waals surface area contributed by atoms with Crippen LogP contribution in [0.1, 0.15) is 16.8 Å². The minimum Gasteiger partial charge on any atom is -0.457 e. The van der Waals surface area contributed by atoms with Crippen molar-refractivity contribution in [2.45, 2.75) is 22.6 Å². The van der Waals surface area contributed by atoms with Gasteiger partial charge in [0.1, 0.15) is 18.3 Å². The summed E-state index contributed by atoms with van der Waals surface area (Å²) in [4.78, 5) is 26.2. The number of methoxy groups -OCH3 is 1. The lowest BCUT2D eigenvalue weighted by molar-refractivity contribution is -0.128. The van der Waals surface area contributed by atoms with Gasteiger partial charge in [-0.2, -0.15) is 0 Å². The van der Waals surface area contributed by atoms with E-state index in [1.807, 2.05) is 60.7 Å². The molecule has 2 amide bonds. The maximum absolute atomic E-state index is 12.9. The lowest BCUT2D eigenvalue weighted by atomic mass is 10.1. The minimum atomic E-state index is -0.666. The van der Waals surface area contributed by atoms with Crippen LogP contribution in [0.15, 0.2) is 89.8 Å². The number of ether oxygens (including phenoxy) is 3. The molecule has 8 nitrogen and oxygen atoms in total. The van der Waals surface area contributed by atoms with Crippen molar-refractivity contribution in [1.82, 2.24) is 10.8 Å². The zero-order valence-electron chi connectivity index (χ0n) is 19.3. The van der Waals surface area contributed by atoms with Crippen LogP contribution in [0, 0.1) is 0 Å². The Hall–Kier alpha value is -3.37. The Morgan fingerprint density at radius 2 is 1.54 bits per heavy atom. The molecule has 9 heteroatoms. The van der Waals surface area contributed by atoms with Crippen LogP contribution in [0.4, 0.5) is 0 Å². The molecule has 3 aromatic rings. The molecular formula is C26H28N2O6S. The van der Waals surface area contributed by atoms with Crippen molar-refractivity contribution in [2.75, 3.05) is 20.5 Å². The van der Waals surface area contributed by atoms with Gasteiger partial charge < -0.3 is 19.5 Å². The van der Waals surface area contributed by atoms with E-state index >= 15 is 0 Å². The molecule has 0 bridgehead atoms. The molecule has 0 aliphatic heterocycles. The molecule has 0 saturated heterocycles. The third kappa shape index (κ3) is 8.73. The van der Waals surface area contributed by atoms with E-state index < -0.39 is 17.2 Å². The SMILES string of the molecule is COCOCC(CC(Sc1ccccc1)C(=O)NO)NC(=O)c1ccc(Oc2ccccc2)cc1. The minimum absolute atomic E-state index is 0.0422. The first-order chi connectivity index (χ1) is 17.1. The Morgan fingerprint density at radius 3 is 2.17 bits per heavy atom. The normalized spacial score (nSPS) is 12.4. The molecule has 0 saturated carbocycles. The van der Waals surface area contributed by atoms with Crippen molar-refractivity contribution < 1.29 is 29.0 Å². The number of hydrogen-bond donors (Lipinski definition) is 3. The number of hydrogen-bond acceptors (Lipinski definition) is 7. The lowest BCUT2D eigenvalue weighted by Gasteiger charge is -2.23. The molecule has 2 atom stereocenters. The Balaban J connectivity index is 1.67. The Bertz CT molecular complexity index is 1050. The molecule has 3 N–H and O–H groups in total. The average Bonchev–Trinajstić information content (AvgIpc) is 2.89. The zero-order chi connectivity index (χ0) is 24.9. The molecular weight excluding hydrogens is 468 g/mol. The summed E-state index contributed by atoms with van der Waals surface area (Å²) in [5, 5.41) is 11.5. The number of nitrogens with one attached hydrogen (secondary N) is 2. The molecule has 0 aliphatic rings. The van der Waals surface area contributed by atoms with Gasteiger partial charge >= 0.3 is 0 Å². The van der Waals surface area contributed by atoms with Gasteiger partial charge in [-0.3, -0.25) is 14.8 Å². The number of benzene rings is 3. The first-order valence-corrected chi connectivity index (χ1v) is 11.8. The number of hydroxylamine groups is 1. The highest BCUT2D eigenvalue weighted by atomic mass is 32.2. The maximum atomic E-state index is 12.9. The third-order valence-corrected chi connectivity index (χ3v) is 6.11. The van der Waals surface area contributed by atoms with Gasteiger partial charge in [-0.05, 0) is 55.0 Å². The van der Waals surface area contributed by atoms with Gasteiger partial charge in [0.2, 0.25) is 0 Å². The van der Waals surface area contributed by atoms with Crippen molar-refractivity contribution in [2.24, 2.45) is 0 Å². The number of amides is 2. The summed E-state index contributed by atoms with van der Waals surface area (Å²) in [6.07, 6.45) is 0.219. The molecule has 3 rings (SSSR count). The number of rotatable bonds is 13. The second-order valence-electron chi connectivity index (χ2n) is 7.52. The Labute approximate surface area is 208 Å². The molecule has 0 aromatic heterocycles. The van der Waals surface area contributed by atoms with Gasteiger partial charge in [0, 0.05) is 17.6 Å². The third-order valence-electron chi connectivity index (χ3n) is 4.87.